The van der Waals surface area contributed by atoms with Gasteiger partial charge in [0.2, 0.25) is 0 Å². The number of hydrogen-bond donors (Lipinski definition) is 2. The topological polar surface area (TPSA) is 75.9 Å². The van der Waals surface area contributed by atoms with Gasteiger partial charge in [0.05, 0.1) is 13.2 Å². The van der Waals surface area contributed by atoms with Crippen LogP contribution in [0.3, 0.4) is 0 Å². The molecule has 0 radical (unpaired) electrons. The molecule has 2 aromatic heterocycles. The first kappa shape index (κ1) is 14.1. The van der Waals surface area contributed by atoms with E-state index in [1.807, 2.05) is 13.0 Å². The van der Waals surface area contributed by atoms with Gasteiger partial charge in [0.25, 0.3) is 0 Å². The molecule has 0 aliphatic carbocycles. The number of imidazole rings is 1. The number of nitrogens with zero attached hydrogens (tertiary/aromatic N) is 2. The van der Waals surface area contributed by atoms with Gasteiger partial charge in [-0.15, -0.1) is 0 Å². The third-order valence-electron chi connectivity index (χ3n) is 2.62. The monoisotopic (exact) mass is 275 g/mol. The van der Waals surface area contributed by atoms with Crippen LogP contribution < -0.4 is 5.32 Å². The van der Waals surface area contributed by atoms with E-state index < -0.39 is 5.97 Å². The van der Waals surface area contributed by atoms with Crippen molar-refractivity contribution in [3.63, 3.8) is 0 Å². The molecule has 0 aliphatic heterocycles. The van der Waals surface area contributed by atoms with E-state index in [4.69, 9.17) is 4.74 Å². The van der Waals surface area contributed by atoms with Gasteiger partial charge >= 0.3 is 5.97 Å². The molecule has 0 unspecified atom stereocenters. The number of carboxylic acid groups (broad SMARTS) is 1. The third kappa shape index (κ3) is 3.16. The average Bonchev–Trinajstić information content (AvgIpc) is 2.76. The molecule has 0 amide bonds. The minimum Gasteiger partial charge on any atom is -0.476 e. The summed E-state index contributed by atoms with van der Waals surface area (Å²) < 4.78 is 6.89. The van der Waals surface area contributed by atoms with Crippen LogP contribution in [-0.2, 0) is 4.74 Å². The molecule has 106 valence electrons. The number of rotatable bonds is 7. The summed E-state index contributed by atoms with van der Waals surface area (Å²) >= 11 is 0. The maximum atomic E-state index is 11.3. The molecular weight excluding hydrogens is 258 g/mol. The SMILES string of the molecule is C=C(C)COCCNc1nc2ccccn2c1C(=O)O. The van der Waals surface area contributed by atoms with Crippen molar-refractivity contribution in [2.24, 2.45) is 0 Å². The summed E-state index contributed by atoms with van der Waals surface area (Å²) in [5, 5.41) is 12.3. The van der Waals surface area contributed by atoms with E-state index in [0.717, 1.165) is 5.57 Å². The second-order valence-electron chi connectivity index (χ2n) is 4.48. The Morgan fingerprint density at radius 1 is 1.55 bits per heavy atom. The number of carbonyl (C=O) groups is 1. The number of ether oxygens (including phenoxy) is 1. The standard InChI is InChI=1S/C14H17N3O3/c1-10(2)9-20-8-6-15-13-12(14(18)19)17-7-4-3-5-11(17)16-13/h3-5,7,15H,1,6,8-9H2,2H3,(H,18,19). The van der Waals surface area contributed by atoms with Crippen molar-refractivity contribution in [3.8, 4) is 0 Å². The van der Waals surface area contributed by atoms with Crippen LogP contribution in [0, 0.1) is 0 Å². The normalized spacial score (nSPS) is 10.7. The molecule has 0 atom stereocenters. The number of aromatic nitrogens is 2. The fourth-order valence-corrected chi connectivity index (χ4v) is 1.81. The van der Waals surface area contributed by atoms with Crippen molar-refractivity contribution in [1.82, 2.24) is 9.38 Å². The molecular formula is C14H17N3O3. The first-order valence-corrected chi connectivity index (χ1v) is 6.26. The lowest BCUT2D eigenvalue weighted by atomic mass is 10.4. The van der Waals surface area contributed by atoms with Gasteiger partial charge < -0.3 is 15.2 Å². The number of aromatic carboxylic acids is 1. The van der Waals surface area contributed by atoms with Crippen molar-refractivity contribution in [1.29, 1.82) is 0 Å². The largest absolute Gasteiger partial charge is 0.476 e. The Bertz CT molecular complexity index is 634. The molecule has 2 rings (SSSR count). The molecule has 0 saturated heterocycles. The lowest BCUT2D eigenvalue weighted by molar-refractivity contribution is 0.0690. The van der Waals surface area contributed by atoms with Crippen molar-refractivity contribution >= 4 is 17.4 Å². The van der Waals surface area contributed by atoms with Gasteiger partial charge in [-0.3, -0.25) is 4.40 Å². The van der Waals surface area contributed by atoms with Gasteiger partial charge in [0.15, 0.2) is 11.5 Å². The van der Waals surface area contributed by atoms with E-state index in [0.29, 0.717) is 31.2 Å². The van der Waals surface area contributed by atoms with Gasteiger partial charge in [-0.25, -0.2) is 9.78 Å². The Kier molecular flexibility index (Phi) is 4.37. The Hall–Kier alpha value is -2.34. The van der Waals surface area contributed by atoms with E-state index in [-0.39, 0.29) is 5.69 Å². The highest BCUT2D eigenvalue weighted by molar-refractivity contribution is 5.92. The van der Waals surface area contributed by atoms with Crippen LogP contribution in [0.25, 0.3) is 5.65 Å². The van der Waals surface area contributed by atoms with E-state index in [9.17, 15) is 9.90 Å². The maximum absolute atomic E-state index is 11.3. The van der Waals surface area contributed by atoms with Crippen molar-refractivity contribution in [3.05, 3.63) is 42.2 Å². The van der Waals surface area contributed by atoms with Gasteiger partial charge in [-0.2, -0.15) is 0 Å². The maximum Gasteiger partial charge on any atom is 0.356 e. The molecule has 0 bridgehead atoms. The molecule has 0 saturated carbocycles. The molecule has 6 heteroatoms. The van der Waals surface area contributed by atoms with Crippen LogP contribution in [-0.4, -0.2) is 40.2 Å². The van der Waals surface area contributed by atoms with Crippen molar-refractivity contribution < 1.29 is 14.6 Å². The fraction of sp³-hybridized carbons (Fsp3) is 0.286. The number of fused-ring (bicyclic) bond motifs is 1. The van der Waals surface area contributed by atoms with E-state index in [1.54, 1.807) is 22.7 Å². The summed E-state index contributed by atoms with van der Waals surface area (Å²) in [6, 6.07) is 5.34. The van der Waals surface area contributed by atoms with Crippen LogP contribution in [0.15, 0.2) is 36.5 Å². The Morgan fingerprint density at radius 3 is 3.05 bits per heavy atom. The van der Waals surface area contributed by atoms with Crippen LogP contribution in [0.1, 0.15) is 17.4 Å². The second kappa shape index (κ2) is 6.21. The summed E-state index contributed by atoms with van der Waals surface area (Å²) in [4.78, 5) is 15.6. The van der Waals surface area contributed by atoms with E-state index in [1.165, 1.54) is 0 Å². The second-order valence-corrected chi connectivity index (χ2v) is 4.48. The Balaban J connectivity index is 2.07. The first-order valence-electron chi connectivity index (χ1n) is 6.26. The molecule has 20 heavy (non-hydrogen) atoms. The lowest BCUT2D eigenvalue weighted by Gasteiger charge is -2.06. The Labute approximate surface area is 116 Å². The lowest BCUT2D eigenvalue weighted by Crippen LogP contribution is -2.13. The minimum absolute atomic E-state index is 0.125. The predicted octanol–water partition coefficient (Wildman–Crippen LogP) is 2.04. The summed E-state index contributed by atoms with van der Waals surface area (Å²) in [6.07, 6.45) is 1.68. The highest BCUT2D eigenvalue weighted by atomic mass is 16.5. The summed E-state index contributed by atoms with van der Waals surface area (Å²) in [5.74, 6) is -0.670. The number of hydrogen-bond acceptors (Lipinski definition) is 4. The zero-order valence-electron chi connectivity index (χ0n) is 11.3. The zero-order chi connectivity index (χ0) is 14.5. The van der Waals surface area contributed by atoms with Gasteiger partial charge in [0, 0.05) is 12.7 Å². The summed E-state index contributed by atoms with van der Waals surface area (Å²) in [6.45, 7) is 7.07. The molecule has 2 aromatic rings. The van der Waals surface area contributed by atoms with Gasteiger partial charge in [-0.1, -0.05) is 18.2 Å². The molecule has 0 fully saturated rings. The minimum atomic E-state index is -1.02. The third-order valence-corrected chi connectivity index (χ3v) is 2.62. The number of nitrogens with one attached hydrogen (secondary N) is 1. The quantitative estimate of drug-likeness (QED) is 0.597. The van der Waals surface area contributed by atoms with Crippen LogP contribution in [0.4, 0.5) is 5.82 Å². The first-order chi connectivity index (χ1) is 9.59. The van der Waals surface area contributed by atoms with Crippen LogP contribution >= 0.6 is 0 Å². The Morgan fingerprint density at radius 2 is 2.35 bits per heavy atom. The average molecular weight is 275 g/mol. The van der Waals surface area contributed by atoms with Crippen LogP contribution in [0.5, 0.6) is 0 Å². The van der Waals surface area contributed by atoms with Crippen molar-refractivity contribution in [2.75, 3.05) is 25.1 Å². The highest BCUT2D eigenvalue weighted by Crippen LogP contribution is 2.17. The predicted molar refractivity (Wildman–Crippen MR) is 76.3 cm³/mol. The number of pyridine rings is 1. The zero-order valence-corrected chi connectivity index (χ0v) is 11.3. The fourth-order valence-electron chi connectivity index (χ4n) is 1.81. The van der Waals surface area contributed by atoms with Gasteiger partial charge in [-0.05, 0) is 19.1 Å². The highest BCUT2D eigenvalue weighted by Gasteiger charge is 2.17. The molecule has 2 heterocycles. The number of carboxylic acids is 1. The number of anilines is 1. The molecule has 2 N–H and O–H groups in total. The van der Waals surface area contributed by atoms with Crippen molar-refractivity contribution in [2.45, 2.75) is 6.92 Å². The molecule has 0 aromatic carbocycles. The molecule has 6 nitrogen and oxygen atoms in total. The summed E-state index contributed by atoms with van der Waals surface area (Å²) in [5.41, 5.74) is 1.67. The van der Waals surface area contributed by atoms with Crippen LogP contribution in [0.2, 0.25) is 0 Å². The van der Waals surface area contributed by atoms with Gasteiger partial charge in [0.1, 0.15) is 5.65 Å². The molecule has 0 aliphatic rings. The molecule has 0 spiro atoms. The van der Waals surface area contributed by atoms with E-state index >= 15 is 0 Å². The summed E-state index contributed by atoms with van der Waals surface area (Å²) in [7, 11) is 0. The van der Waals surface area contributed by atoms with E-state index in [2.05, 4.69) is 16.9 Å². The smallest absolute Gasteiger partial charge is 0.356 e.